The number of hydrogen-bond donors (Lipinski definition) is 5. The standard InChI is InChI=1S/C27H33N5O3/c1-5-34-24-16-20(12-15-23(24)35-17(2)3)25(30-21-13-10-19(11-14-21)26(28)29)27(33)32-31-22-9-7-6-8-18(22)4/h6-17,25,30-31H,5H2,1-4H3,(H3,28,29)(H,32,33). The number of hydrazine groups is 1. The summed E-state index contributed by atoms with van der Waals surface area (Å²) in [5.74, 6) is 0.880. The highest BCUT2D eigenvalue weighted by Gasteiger charge is 2.23. The summed E-state index contributed by atoms with van der Waals surface area (Å²) in [6.45, 7) is 8.22. The molecule has 3 rings (SSSR count). The molecule has 0 saturated heterocycles. The number of aryl methyl sites for hydroxylation is 1. The summed E-state index contributed by atoms with van der Waals surface area (Å²) < 4.78 is 11.7. The molecule has 0 bridgehead atoms. The molecule has 8 nitrogen and oxygen atoms in total. The van der Waals surface area contributed by atoms with Crippen molar-refractivity contribution < 1.29 is 14.3 Å². The predicted octanol–water partition coefficient (Wildman–Crippen LogP) is 4.76. The second-order valence-corrected chi connectivity index (χ2v) is 8.30. The van der Waals surface area contributed by atoms with E-state index < -0.39 is 6.04 Å². The molecule has 0 aromatic heterocycles. The number of amides is 1. The normalized spacial score (nSPS) is 11.5. The Kier molecular flexibility index (Phi) is 8.56. The number of ether oxygens (including phenoxy) is 2. The molecule has 8 heteroatoms. The van der Waals surface area contributed by atoms with Crippen molar-refractivity contribution in [2.45, 2.75) is 39.8 Å². The number of hydrogen-bond acceptors (Lipinski definition) is 6. The Morgan fingerprint density at radius 1 is 1.03 bits per heavy atom. The highest BCUT2D eigenvalue weighted by atomic mass is 16.5. The van der Waals surface area contributed by atoms with Gasteiger partial charge in [0.15, 0.2) is 11.5 Å². The van der Waals surface area contributed by atoms with Crippen molar-refractivity contribution in [2.75, 3.05) is 17.3 Å². The molecule has 3 aromatic carbocycles. The molecular formula is C27H33N5O3. The molecule has 35 heavy (non-hydrogen) atoms. The number of para-hydroxylation sites is 1. The topological polar surface area (TPSA) is 121 Å². The van der Waals surface area contributed by atoms with E-state index >= 15 is 0 Å². The fourth-order valence-corrected chi connectivity index (χ4v) is 3.45. The summed E-state index contributed by atoms with van der Waals surface area (Å²) in [6.07, 6.45) is -0.0182. The van der Waals surface area contributed by atoms with Gasteiger partial charge in [-0.3, -0.25) is 21.1 Å². The van der Waals surface area contributed by atoms with Crippen LogP contribution >= 0.6 is 0 Å². The van der Waals surface area contributed by atoms with Gasteiger partial charge in [-0.25, -0.2) is 0 Å². The quantitative estimate of drug-likeness (QED) is 0.155. The van der Waals surface area contributed by atoms with Crippen LogP contribution in [0.2, 0.25) is 0 Å². The lowest BCUT2D eigenvalue weighted by Gasteiger charge is -2.23. The summed E-state index contributed by atoms with van der Waals surface area (Å²) >= 11 is 0. The van der Waals surface area contributed by atoms with E-state index in [9.17, 15) is 4.79 Å². The van der Waals surface area contributed by atoms with Gasteiger partial charge >= 0.3 is 0 Å². The molecule has 0 fully saturated rings. The van der Waals surface area contributed by atoms with E-state index in [1.54, 1.807) is 24.3 Å². The minimum atomic E-state index is -0.748. The summed E-state index contributed by atoms with van der Waals surface area (Å²) in [4.78, 5) is 13.4. The number of anilines is 2. The molecule has 3 aromatic rings. The molecule has 1 amide bonds. The summed E-state index contributed by atoms with van der Waals surface area (Å²) in [7, 11) is 0. The fourth-order valence-electron chi connectivity index (χ4n) is 3.45. The van der Waals surface area contributed by atoms with E-state index in [0.717, 1.165) is 11.3 Å². The molecule has 6 N–H and O–H groups in total. The van der Waals surface area contributed by atoms with Crippen LogP contribution in [0.1, 0.15) is 43.5 Å². The number of benzene rings is 3. The van der Waals surface area contributed by atoms with Gasteiger partial charge in [0.05, 0.1) is 18.4 Å². The lowest BCUT2D eigenvalue weighted by atomic mass is 10.0. The average Bonchev–Trinajstić information content (AvgIpc) is 2.83. The first-order valence-electron chi connectivity index (χ1n) is 11.5. The molecule has 0 aliphatic carbocycles. The smallest absolute Gasteiger partial charge is 0.265 e. The first-order chi connectivity index (χ1) is 16.8. The molecule has 1 atom stereocenters. The Hall–Kier alpha value is -4.20. The van der Waals surface area contributed by atoms with Crippen LogP contribution < -0.4 is 31.4 Å². The maximum Gasteiger partial charge on any atom is 0.265 e. The van der Waals surface area contributed by atoms with Gasteiger partial charge in [0.2, 0.25) is 0 Å². The zero-order chi connectivity index (χ0) is 25.4. The van der Waals surface area contributed by atoms with Crippen molar-refractivity contribution in [3.63, 3.8) is 0 Å². The third kappa shape index (κ3) is 6.89. The third-order valence-electron chi connectivity index (χ3n) is 5.20. The summed E-state index contributed by atoms with van der Waals surface area (Å²) in [5, 5.41) is 10.9. The molecule has 0 heterocycles. The van der Waals surface area contributed by atoms with Gasteiger partial charge in [0.25, 0.3) is 5.91 Å². The molecule has 0 aliphatic heterocycles. The zero-order valence-corrected chi connectivity index (χ0v) is 20.5. The monoisotopic (exact) mass is 475 g/mol. The lowest BCUT2D eigenvalue weighted by molar-refractivity contribution is -0.121. The van der Waals surface area contributed by atoms with Crippen molar-refractivity contribution in [1.82, 2.24) is 5.43 Å². The Bertz CT molecular complexity index is 1160. The molecular weight excluding hydrogens is 442 g/mol. The Morgan fingerprint density at radius 3 is 2.37 bits per heavy atom. The van der Waals surface area contributed by atoms with E-state index in [4.69, 9.17) is 20.6 Å². The Balaban J connectivity index is 1.91. The van der Waals surface area contributed by atoms with Gasteiger partial charge in [0.1, 0.15) is 11.9 Å². The Labute approximate surface area is 206 Å². The maximum atomic E-state index is 13.4. The molecule has 0 radical (unpaired) electrons. The lowest BCUT2D eigenvalue weighted by Crippen LogP contribution is -2.37. The summed E-state index contributed by atoms with van der Waals surface area (Å²) in [6, 6.07) is 19.4. The van der Waals surface area contributed by atoms with E-state index in [-0.39, 0.29) is 17.8 Å². The number of amidine groups is 1. The predicted molar refractivity (Wildman–Crippen MR) is 140 cm³/mol. The van der Waals surface area contributed by atoms with Gasteiger partial charge in [-0.1, -0.05) is 24.3 Å². The SMILES string of the molecule is CCOc1cc(C(Nc2ccc(C(=N)N)cc2)C(=O)NNc2ccccc2C)ccc1OC(C)C. The maximum absolute atomic E-state index is 13.4. The first kappa shape index (κ1) is 25.4. The van der Waals surface area contributed by atoms with Crippen molar-refractivity contribution in [2.24, 2.45) is 5.73 Å². The van der Waals surface area contributed by atoms with Crippen molar-refractivity contribution >= 4 is 23.1 Å². The zero-order valence-electron chi connectivity index (χ0n) is 20.5. The Morgan fingerprint density at radius 2 is 1.74 bits per heavy atom. The van der Waals surface area contributed by atoms with Crippen LogP contribution in [-0.2, 0) is 4.79 Å². The average molecular weight is 476 g/mol. The second-order valence-electron chi connectivity index (χ2n) is 8.30. The van der Waals surface area contributed by atoms with Gasteiger partial charge in [-0.05, 0) is 81.3 Å². The first-order valence-corrected chi connectivity index (χ1v) is 11.5. The van der Waals surface area contributed by atoms with Gasteiger partial charge in [-0.2, -0.15) is 0 Å². The van der Waals surface area contributed by atoms with Crippen molar-refractivity contribution in [3.8, 4) is 11.5 Å². The number of nitrogens with one attached hydrogen (secondary N) is 4. The van der Waals surface area contributed by atoms with Crippen LogP contribution in [0.5, 0.6) is 11.5 Å². The van der Waals surface area contributed by atoms with E-state index in [0.29, 0.717) is 34.9 Å². The number of carbonyl (C=O) groups is 1. The molecule has 0 spiro atoms. The van der Waals surface area contributed by atoms with Gasteiger partial charge in [-0.15, -0.1) is 0 Å². The van der Waals surface area contributed by atoms with Gasteiger partial charge in [0, 0.05) is 11.3 Å². The number of carbonyl (C=O) groups excluding carboxylic acids is 1. The summed E-state index contributed by atoms with van der Waals surface area (Å²) in [5.41, 5.74) is 15.2. The van der Waals surface area contributed by atoms with Crippen LogP contribution in [0.25, 0.3) is 0 Å². The van der Waals surface area contributed by atoms with Crippen LogP contribution in [0, 0.1) is 12.3 Å². The highest BCUT2D eigenvalue weighted by molar-refractivity contribution is 5.95. The number of nitrogens with two attached hydrogens (primary N) is 1. The van der Waals surface area contributed by atoms with Crippen LogP contribution in [0.4, 0.5) is 11.4 Å². The number of nitrogen functional groups attached to an aromatic ring is 1. The van der Waals surface area contributed by atoms with Crippen LogP contribution in [0.15, 0.2) is 66.7 Å². The minimum Gasteiger partial charge on any atom is -0.490 e. The van der Waals surface area contributed by atoms with E-state index in [2.05, 4.69) is 16.2 Å². The van der Waals surface area contributed by atoms with E-state index in [1.165, 1.54) is 0 Å². The van der Waals surface area contributed by atoms with E-state index in [1.807, 2.05) is 70.2 Å². The van der Waals surface area contributed by atoms with Crippen LogP contribution in [0.3, 0.4) is 0 Å². The second kappa shape index (κ2) is 11.8. The van der Waals surface area contributed by atoms with Crippen molar-refractivity contribution in [3.05, 3.63) is 83.4 Å². The van der Waals surface area contributed by atoms with Crippen molar-refractivity contribution in [1.29, 1.82) is 5.41 Å². The molecule has 184 valence electrons. The third-order valence-corrected chi connectivity index (χ3v) is 5.20. The molecule has 1 unspecified atom stereocenters. The molecule has 0 aliphatic rings. The van der Waals surface area contributed by atoms with Crippen LogP contribution in [-0.4, -0.2) is 24.5 Å². The highest BCUT2D eigenvalue weighted by Crippen LogP contribution is 2.33. The van der Waals surface area contributed by atoms with Gasteiger partial charge < -0.3 is 20.5 Å². The minimum absolute atomic E-state index is 0.0182. The fraction of sp³-hybridized carbons (Fsp3) is 0.259. The largest absolute Gasteiger partial charge is 0.490 e. The molecule has 0 saturated carbocycles. The number of rotatable bonds is 11.